The highest BCUT2D eigenvalue weighted by Gasteiger charge is 2.31. The summed E-state index contributed by atoms with van der Waals surface area (Å²) >= 11 is 1.79. The van der Waals surface area contributed by atoms with Crippen molar-refractivity contribution < 1.29 is 0 Å². The Hall–Kier alpha value is -0.550. The Morgan fingerprint density at radius 1 is 1.47 bits per heavy atom. The van der Waals surface area contributed by atoms with E-state index in [-0.39, 0.29) is 0 Å². The molecule has 1 aromatic rings. The summed E-state index contributed by atoms with van der Waals surface area (Å²) in [6, 6.07) is 0.298. The number of aryl methyl sites for hydroxylation is 1. The molecule has 2 N–H and O–H groups in total. The highest BCUT2D eigenvalue weighted by atomic mass is 32.2. The van der Waals surface area contributed by atoms with Gasteiger partial charge in [0.2, 0.25) is 0 Å². The topological polar surface area (TPSA) is 56.7 Å². The van der Waals surface area contributed by atoms with Crippen molar-refractivity contribution in [2.45, 2.75) is 49.6 Å². The molecule has 4 nitrogen and oxygen atoms in total. The molecule has 96 valence electrons. The molecular weight excluding hydrogens is 232 g/mol. The number of hydrogen-bond acceptors (Lipinski definition) is 4. The molecule has 0 radical (unpaired) electrons. The monoisotopic (exact) mass is 254 g/mol. The predicted molar refractivity (Wildman–Crippen MR) is 70.8 cm³/mol. The number of nitrogens with zero attached hydrogens (tertiary/aromatic N) is 3. The van der Waals surface area contributed by atoms with Crippen molar-refractivity contribution in [1.82, 2.24) is 14.8 Å². The van der Waals surface area contributed by atoms with Crippen LogP contribution in [-0.2, 0) is 7.05 Å². The fraction of sp³-hybridized carbons (Fsp3) is 0.833. The van der Waals surface area contributed by atoms with E-state index < -0.39 is 0 Å². The Balaban J connectivity index is 2.01. The molecule has 0 bridgehead atoms. The third-order valence-corrected chi connectivity index (χ3v) is 5.18. The molecule has 3 unspecified atom stereocenters. The third kappa shape index (κ3) is 3.01. The molecule has 0 saturated heterocycles. The van der Waals surface area contributed by atoms with Crippen LogP contribution in [0.15, 0.2) is 11.5 Å². The Morgan fingerprint density at radius 3 is 2.82 bits per heavy atom. The van der Waals surface area contributed by atoms with Crippen LogP contribution in [0.3, 0.4) is 0 Å². The summed E-state index contributed by atoms with van der Waals surface area (Å²) in [5, 5.41) is 9.52. The lowest BCUT2D eigenvalue weighted by atomic mass is 9.79. The zero-order valence-corrected chi connectivity index (χ0v) is 11.7. The summed E-state index contributed by atoms with van der Waals surface area (Å²) in [7, 11) is 1.98. The number of thioether (sulfide) groups is 1. The second-order valence-corrected chi connectivity index (χ2v) is 6.57. The van der Waals surface area contributed by atoms with E-state index >= 15 is 0 Å². The van der Waals surface area contributed by atoms with Crippen molar-refractivity contribution in [3.8, 4) is 0 Å². The van der Waals surface area contributed by atoms with Crippen LogP contribution in [0.4, 0.5) is 0 Å². The van der Waals surface area contributed by atoms with Gasteiger partial charge in [-0.15, -0.1) is 10.2 Å². The number of hydrogen-bond donors (Lipinski definition) is 1. The molecule has 1 aromatic heterocycles. The minimum Gasteiger partial charge on any atom is -0.327 e. The summed E-state index contributed by atoms with van der Waals surface area (Å²) in [5.41, 5.74) is 6.23. The SMILES string of the molecule is CC(C)C1CCC(N)C(Sc2nncn2C)C1. The zero-order valence-electron chi connectivity index (χ0n) is 10.8. The van der Waals surface area contributed by atoms with Gasteiger partial charge in [0.15, 0.2) is 5.16 Å². The maximum absolute atomic E-state index is 6.23. The Bertz CT molecular complexity index is 363. The fourth-order valence-electron chi connectivity index (χ4n) is 2.44. The van der Waals surface area contributed by atoms with Crippen molar-refractivity contribution in [2.24, 2.45) is 24.6 Å². The first-order valence-corrected chi connectivity index (χ1v) is 7.22. The van der Waals surface area contributed by atoms with Gasteiger partial charge in [0.05, 0.1) is 0 Å². The van der Waals surface area contributed by atoms with Crippen molar-refractivity contribution in [3.63, 3.8) is 0 Å². The van der Waals surface area contributed by atoms with Gasteiger partial charge in [0.25, 0.3) is 0 Å². The minimum atomic E-state index is 0.298. The molecule has 0 amide bonds. The molecule has 0 aromatic carbocycles. The van der Waals surface area contributed by atoms with Crippen molar-refractivity contribution in [2.75, 3.05) is 0 Å². The molecule has 1 aliphatic carbocycles. The molecule has 1 saturated carbocycles. The Labute approximate surface area is 107 Å². The summed E-state index contributed by atoms with van der Waals surface area (Å²) in [4.78, 5) is 0. The molecule has 17 heavy (non-hydrogen) atoms. The molecule has 1 fully saturated rings. The van der Waals surface area contributed by atoms with Crippen LogP contribution in [-0.4, -0.2) is 26.1 Å². The van der Waals surface area contributed by atoms with Crippen LogP contribution in [0.25, 0.3) is 0 Å². The van der Waals surface area contributed by atoms with E-state index in [0.717, 1.165) is 23.4 Å². The maximum atomic E-state index is 6.23. The predicted octanol–water partition coefficient (Wildman–Crippen LogP) is 2.06. The van der Waals surface area contributed by atoms with Crippen LogP contribution in [0.5, 0.6) is 0 Å². The molecular formula is C12H22N4S. The largest absolute Gasteiger partial charge is 0.327 e. The minimum absolute atomic E-state index is 0.298. The van der Waals surface area contributed by atoms with Gasteiger partial charge in [-0.3, -0.25) is 0 Å². The molecule has 2 rings (SSSR count). The number of rotatable bonds is 3. The van der Waals surface area contributed by atoms with Crippen molar-refractivity contribution in [3.05, 3.63) is 6.33 Å². The molecule has 0 spiro atoms. The summed E-state index contributed by atoms with van der Waals surface area (Å²) < 4.78 is 1.97. The van der Waals surface area contributed by atoms with Crippen LogP contribution >= 0.6 is 11.8 Å². The molecule has 5 heteroatoms. The maximum Gasteiger partial charge on any atom is 0.191 e. The molecule has 1 heterocycles. The van der Waals surface area contributed by atoms with E-state index in [2.05, 4.69) is 24.0 Å². The average Bonchev–Trinajstić information content (AvgIpc) is 2.67. The quantitative estimate of drug-likeness (QED) is 0.897. The van der Waals surface area contributed by atoms with E-state index in [1.807, 2.05) is 11.6 Å². The molecule has 1 aliphatic rings. The highest BCUT2D eigenvalue weighted by molar-refractivity contribution is 7.99. The summed E-state index contributed by atoms with van der Waals surface area (Å²) in [5.74, 6) is 1.56. The summed E-state index contributed by atoms with van der Waals surface area (Å²) in [6.07, 6.45) is 5.36. The van der Waals surface area contributed by atoms with Gasteiger partial charge in [-0.2, -0.15) is 0 Å². The van der Waals surface area contributed by atoms with E-state index in [4.69, 9.17) is 5.73 Å². The number of nitrogens with two attached hydrogens (primary N) is 1. The van der Waals surface area contributed by atoms with E-state index in [1.165, 1.54) is 12.8 Å². The van der Waals surface area contributed by atoms with Crippen molar-refractivity contribution >= 4 is 11.8 Å². The first-order valence-electron chi connectivity index (χ1n) is 6.34. The van der Waals surface area contributed by atoms with Gasteiger partial charge in [-0.05, 0) is 31.1 Å². The van der Waals surface area contributed by atoms with Gasteiger partial charge in [-0.1, -0.05) is 25.6 Å². The van der Waals surface area contributed by atoms with Gasteiger partial charge in [0, 0.05) is 18.3 Å². The zero-order chi connectivity index (χ0) is 12.4. The van der Waals surface area contributed by atoms with E-state index in [9.17, 15) is 0 Å². The fourth-order valence-corrected chi connectivity index (χ4v) is 3.67. The van der Waals surface area contributed by atoms with Crippen LogP contribution in [0.2, 0.25) is 0 Å². The van der Waals surface area contributed by atoms with Crippen LogP contribution in [0.1, 0.15) is 33.1 Å². The first kappa shape index (κ1) is 12.9. The van der Waals surface area contributed by atoms with Crippen LogP contribution in [0, 0.1) is 11.8 Å². The normalized spacial score (nSPS) is 29.8. The average molecular weight is 254 g/mol. The second-order valence-electron chi connectivity index (χ2n) is 5.36. The van der Waals surface area contributed by atoms with Gasteiger partial charge in [-0.25, -0.2) is 0 Å². The summed E-state index contributed by atoms with van der Waals surface area (Å²) in [6.45, 7) is 4.62. The highest BCUT2D eigenvalue weighted by Crippen LogP contribution is 2.37. The van der Waals surface area contributed by atoms with Crippen LogP contribution < -0.4 is 5.73 Å². The second kappa shape index (κ2) is 5.40. The standard InChI is InChI=1S/C12H22N4S/c1-8(2)9-4-5-10(13)11(6-9)17-12-15-14-7-16(12)3/h7-11H,4-6,13H2,1-3H3. The van der Waals surface area contributed by atoms with Gasteiger partial charge < -0.3 is 10.3 Å². The molecule has 3 atom stereocenters. The lowest BCUT2D eigenvalue weighted by molar-refractivity contribution is 0.266. The first-order chi connectivity index (χ1) is 8.08. The lowest BCUT2D eigenvalue weighted by Crippen LogP contribution is -2.39. The lowest BCUT2D eigenvalue weighted by Gasteiger charge is -2.35. The van der Waals surface area contributed by atoms with Gasteiger partial charge in [0.1, 0.15) is 6.33 Å². The number of aromatic nitrogens is 3. The Morgan fingerprint density at radius 2 is 2.24 bits per heavy atom. The van der Waals surface area contributed by atoms with Gasteiger partial charge >= 0.3 is 0 Å². The smallest absolute Gasteiger partial charge is 0.191 e. The van der Waals surface area contributed by atoms with Crippen molar-refractivity contribution in [1.29, 1.82) is 0 Å². The third-order valence-electron chi connectivity index (χ3n) is 3.75. The Kier molecular flexibility index (Phi) is 4.09. The molecule has 0 aliphatic heterocycles. The van der Waals surface area contributed by atoms with E-state index in [0.29, 0.717) is 11.3 Å². The van der Waals surface area contributed by atoms with E-state index in [1.54, 1.807) is 18.1 Å².